The lowest BCUT2D eigenvalue weighted by Crippen LogP contribution is -2.18. The molecule has 1 heterocycles. The smallest absolute Gasteiger partial charge is 0.120 e. The zero-order valence-electron chi connectivity index (χ0n) is 12.0. The van der Waals surface area contributed by atoms with Crippen LogP contribution in [0.5, 0.6) is 5.75 Å². The largest absolute Gasteiger partial charge is 0.490 e. The SMILES string of the molecule is CNC(c1cccc(OC2CC2)c1)c1ccnc(C)c1. The molecule has 1 aliphatic carbocycles. The molecule has 0 bridgehead atoms. The third-order valence-electron chi connectivity index (χ3n) is 3.56. The van der Waals surface area contributed by atoms with E-state index >= 15 is 0 Å². The van der Waals surface area contributed by atoms with Gasteiger partial charge in [-0.15, -0.1) is 0 Å². The van der Waals surface area contributed by atoms with Crippen molar-refractivity contribution in [3.8, 4) is 5.75 Å². The Morgan fingerprint density at radius 1 is 1.20 bits per heavy atom. The molecule has 0 radical (unpaired) electrons. The fraction of sp³-hybridized carbons (Fsp3) is 0.353. The second-order valence-electron chi connectivity index (χ2n) is 5.34. The number of nitrogens with zero attached hydrogens (tertiary/aromatic N) is 1. The normalized spacial score (nSPS) is 15.9. The third-order valence-corrected chi connectivity index (χ3v) is 3.56. The molecule has 3 heteroatoms. The Morgan fingerprint density at radius 2 is 2.00 bits per heavy atom. The molecule has 1 atom stereocenters. The summed E-state index contributed by atoms with van der Waals surface area (Å²) >= 11 is 0. The minimum absolute atomic E-state index is 0.166. The zero-order chi connectivity index (χ0) is 13.9. The van der Waals surface area contributed by atoms with E-state index in [0.717, 1.165) is 11.4 Å². The molecule has 3 nitrogen and oxygen atoms in total. The van der Waals surface area contributed by atoms with Crippen LogP contribution in [0.3, 0.4) is 0 Å². The molecule has 1 saturated carbocycles. The van der Waals surface area contributed by atoms with Gasteiger partial charge in [-0.1, -0.05) is 12.1 Å². The summed E-state index contributed by atoms with van der Waals surface area (Å²) in [5.74, 6) is 0.969. The number of hydrogen-bond acceptors (Lipinski definition) is 3. The lowest BCUT2D eigenvalue weighted by Gasteiger charge is -2.18. The molecular weight excluding hydrogens is 248 g/mol. The summed E-state index contributed by atoms with van der Waals surface area (Å²) in [4.78, 5) is 4.26. The van der Waals surface area contributed by atoms with Crippen molar-refractivity contribution in [3.63, 3.8) is 0 Å². The van der Waals surface area contributed by atoms with Gasteiger partial charge in [0.15, 0.2) is 0 Å². The summed E-state index contributed by atoms with van der Waals surface area (Å²) in [5.41, 5.74) is 3.48. The first-order valence-electron chi connectivity index (χ1n) is 7.12. The second kappa shape index (κ2) is 5.63. The summed E-state index contributed by atoms with van der Waals surface area (Å²) in [5, 5.41) is 3.37. The fourth-order valence-corrected chi connectivity index (χ4v) is 2.42. The predicted molar refractivity (Wildman–Crippen MR) is 80.0 cm³/mol. The van der Waals surface area contributed by atoms with Gasteiger partial charge in [0.05, 0.1) is 12.1 Å². The number of hydrogen-bond donors (Lipinski definition) is 1. The highest BCUT2D eigenvalue weighted by Gasteiger charge is 2.23. The van der Waals surface area contributed by atoms with Crippen LogP contribution in [-0.4, -0.2) is 18.1 Å². The number of nitrogens with one attached hydrogen (secondary N) is 1. The van der Waals surface area contributed by atoms with Crippen molar-refractivity contribution >= 4 is 0 Å². The molecule has 1 aliphatic rings. The molecule has 1 fully saturated rings. The van der Waals surface area contributed by atoms with E-state index in [-0.39, 0.29) is 6.04 Å². The quantitative estimate of drug-likeness (QED) is 0.904. The van der Waals surface area contributed by atoms with Crippen molar-refractivity contribution in [1.29, 1.82) is 0 Å². The van der Waals surface area contributed by atoms with Gasteiger partial charge < -0.3 is 10.1 Å². The van der Waals surface area contributed by atoms with Crippen LogP contribution in [0.25, 0.3) is 0 Å². The minimum Gasteiger partial charge on any atom is -0.490 e. The molecule has 2 aromatic rings. The molecule has 0 aliphatic heterocycles. The Bertz CT molecular complexity index is 593. The van der Waals surface area contributed by atoms with Crippen LogP contribution < -0.4 is 10.1 Å². The van der Waals surface area contributed by atoms with E-state index in [1.807, 2.05) is 26.2 Å². The Hall–Kier alpha value is -1.87. The van der Waals surface area contributed by atoms with E-state index in [9.17, 15) is 0 Å². The molecule has 1 aromatic carbocycles. The zero-order valence-corrected chi connectivity index (χ0v) is 12.0. The van der Waals surface area contributed by atoms with Crippen LogP contribution in [0.1, 0.15) is 35.7 Å². The van der Waals surface area contributed by atoms with Crippen LogP contribution in [0.15, 0.2) is 42.6 Å². The number of aryl methyl sites for hydroxylation is 1. The standard InChI is InChI=1S/C17H20N2O/c1-12-10-14(8-9-19-12)17(18-2)13-4-3-5-16(11-13)20-15-6-7-15/h3-5,8-11,15,17-18H,6-7H2,1-2H3. The fourth-order valence-electron chi connectivity index (χ4n) is 2.42. The monoisotopic (exact) mass is 268 g/mol. The summed E-state index contributed by atoms with van der Waals surface area (Å²) in [6, 6.07) is 12.7. The van der Waals surface area contributed by atoms with E-state index in [4.69, 9.17) is 4.74 Å². The van der Waals surface area contributed by atoms with Gasteiger partial charge in [-0.2, -0.15) is 0 Å². The van der Waals surface area contributed by atoms with Gasteiger partial charge in [-0.3, -0.25) is 4.98 Å². The molecule has 0 saturated heterocycles. The van der Waals surface area contributed by atoms with Gasteiger partial charge >= 0.3 is 0 Å². The van der Waals surface area contributed by atoms with Crippen molar-refractivity contribution in [2.45, 2.75) is 31.9 Å². The summed E-state index contributed by atoms with van der Waals surface area (Å²) < 4.78 is 5.88. The second-order valence-corrected chi connectivity index (χ2v) is 5.34. The summed E-state index contributed by atoms with van der Waals surface area (Å²) in [6.07, 6.45) is 4.66. The van der Waals surface area contributed by atoms with Crippen LogP contribution in [-0.2, 0) is 0 Å². The maximum absolute atomic E-state index is 5.88. The minimum atomic E-state index is 0.166. The summed E-state index contributed by atoms with van der Waals surface area (Å²) in [7, 11) is 1.98. The Morgan fingerprint density at radius 3 is 2.70 bits per heavy atom. The number of aromatic nitrogens is 1. The average Bonchev–Trinajstić information content (AvgIpc) is 3.24. The lowest BCUT2D eigenvalue weighted by atomic mass is 9.99. The Kier molecular flexibility index (Phi) is 3.70. The molecule has 3 rings (SSSR count). The molecule has 104 valence electrons. The Balaban J connectivity index is 1.88. The first-order chi connectivity index (χ1) is 9.76. The molecular formula is C17H20N2O. The maximum atomic E-state index is 5.88. The number of benzene rings is 1. The van der Waals surface area contributed by atoms with Gasteiger partial charge in [0, 0.05) is 11.9 Å². The maximum Gasteiger partial charge on any atom is 0.120 e. The van der Waals surface area contributed by atoms with E-state index < -0.39 is 0 Å². The highest BCUT2D eigenvalue weighted by molar-refractivity contribution is 5.37. The Labute approximate surface area is 120 Å². The van der Waals surface area contributed by atoms with Crippen molar-refractivity contribution in [3.05, 3.63) is 59.4 Å². The van der Waals surface area contributed by atoms with Crippen molar-refractivity contribution in [2.24, 2.45) is 0 Å². The van der Waals surface area contributed by atoms with Crippen LogP contribution in [0.4, 0.5) is 0 Å². The highest BCUT2D eigenvalue weighted by atomic mass is 16.5. The van der Waals surface area contributed by atoms with Gasteiger partial charge in [-0.05, 0) is 62.2 Å². The average molecular weight is 268 g/mol. The predicted octanol–water partition coefficient (Wildman–Crippen LogP) is 3.24. The molecule has 1 N–H and O–H groups in total. The van der Waals surface area contributed by atoms with E-state index in [1.54, 1.807) is 0 Å². The van der Waals surface area contributed by atoms with Gasteiger partial charge in [0.1, 0.15) is 5.75 Å². The number of ether oxygens (including phenoxy) is 1. The van der Waals surface area contributed by atoms with E-state index in [1.165, 1.54) is 24.0 Å². The molecule has 0 amide bonds. The molecule has 0 spiro atoms. The van der Waals surface area contributed by atoms with Gasteiger partial charge in [0.2, 0.25) is 0 Å². The third kappa shape index (κ3) is 2.99. The van der Waals surface area contributed by atoms with Gasteiger partial charge in [0.25, 0.3) is 0 Å². The molecule has 1 unspecified atom stereocenters. The van der Waals surface area contributed by atoms with E-state index in [2.05, 4.69) is 40.6 Å². The van der Waals surface area contributed by atoms with Crippen molar-refractivity contribution in [2.75, 3.05) is 7.05 Å². The van der Waals surface area contributed by atoms with E-state index in [0.29, 0.717) is 6.10 Å². The summed E-state index contributed by atoms with van der Waals surface area (Å²) in [6.45, 7) is 2.02. The number of rotatable bonds is 5. The highest BCUT2D eigenvalue weighted by Crippen LogP contribution is 2.29. The first-order valence-corrected chi connectivity index (χ1v) is 7.12. The number of pyridine rings is 1. The van der Waals surface area contributed by atoms with Crippen LogP contribution in [0.2, 0.25) is 0 Å². The lowest BCUT2D eigenvalue weighted by molar-refractivity contribution is 0.302. The topological polar surface area (TPSA) is 34.1 Å². The molecule has 20 heavy (non-hydrogen) atoms. The van der Waals surface area contributed by atoms with Crippen LogP contribution in [0, 0.1) is 6.92 Å². The molecule has 1 aromatic heterocycles. The van der Waals surface area contributed by atoms with Gasteiger partial charge in [-0.25, -0.2) is 0 Å². The van der Waals surface area contributed by atoms with Crippen molar-refractivity contribution < 1.29 is 4.74 Å². The van der Waals surface area contributed by atoms with Crippen molar-refractivity contribution in [1.82, 2.24) is 10.3 Å². The van der Waals surface area contributed by atoms with Crippen LogP contribution >= 0.6 is 0 Å². The first kappa shape index (κ1) is 13.1.